The Bertz CT molecular complexity index is 1010. The molecule has 3 aromatic heterocycles. The van der Waals surface area contributed by atoms with E-state index in [4.69, 9.17) is 32.7 Å². The molecule has 10 heteroatoms. The fourth-order valence-electron chi connectivity index (χ4n) is 2.41. The van der Waals surface area contributed by atoms with Crippen LogP contribution in [0.25, 0.3) is 5.52 Å². The maximum absolute atomic E-state index is 12.8. The first kappa shape index (κ1) is 18.9. The average Bonchev–Trinajstić information content (AvgIpc) is 3.09. The summed E-state index contributed by atoms with van der Waals surface area (Å²) in [5.41, 5.74) is 0.881. The number of rotatable bonds is 5. The Morgan fingerprint density at radius 1 is 1.22 bits per heavy atom. The molecule has 3 aromatic rings. The summed E-state index contributed by atoms with van der Waals surface area (Å²) in [5, 5.41) is 7.20. The second-order valence-electron chi connectivity index (χ2n) is 5.27. The highest BCUT2D eigenvalue weighted by atomic mass is 35.5. The molecule has 0 unspecified atom stereocenters. The van der Waals surface area contributed by atoms with Gasteiger partial charge in [-0.2, -0.15) is 9.61 Å². The van der Waals surface area contributed by atoms with Crippen LogP contribution in [0.1, 0.15) is 27.8 Å². The van der Waals surface area contributed by atoms with Crippen molar-refractivity contribution in [1.82, 2.24) is 14.6 Å². The number of hydrogen-bond acceptors (Lipinski definition) is 6. The van der Waals surface area contributed by atoms with E-state index in [9.17, 15) is 9.59 Å². The molecule has 0 fully saturated rings. The zero-order chi connectivity index (χ0) is 19.6. The topological polar surface area (TPSA) is 94.8 Å². The smallest absolute Gasteiger partial charge is 0.358 e. The van der Waals surface area contributed by atoms with Crippen LogP contribution in [0.4, 0.5) is 5.69 Å². The Kier molecular flexibility index (Phi) is 5.48. The van der Waals surface area contributed by atoms with Crippen LogP contribution in [-0.2, 0) is 4.74 Å². The Morgan fingerprint density at radius 3 is 2.56 bits per heavy atom. The van der Waals surface area contributed by atoms with Gasteiger partial charge in [-0.05, 0) is 19.1 Å². The summed E-state index contributed by atoms with van der Waals surface area (Å²) in [6, 6.07) is 4.55. The SMILES string of the molecule is CCOC(=O)c1cc2c(C(=O)Nc3c(Cl)cncc3Cl)ccc(OC)n2n1. The van der Waals surface area contributed by atoms with E-state index in [1.54, 1.807) is 19.1 Å². The Hall–Kier alpha value is -2.84. The third-order valence-electron chi connectivity index (χ3n) is 3.62. The van der Waals surface area contributed by atoms with Crippen molar-refractivity contribution >= 4 is 46.3 Å². The van der Waals surface area contributed by atoms with Crippen LogP contribution in [0.5, 0.6) is 5.88 Å². The molecular formula is C17H14Cl2N4O4. The van der Waals surface area contributed by atoms with Crippen molar-refractivity contribution in [1.29, 1.82) is 0 Å². The maximum atomic E-state index is 12.8. The van der Waals surface area contributed by atoms with Crippen LogP contribution in [0.15, 0.2) is 30.6 Å². The first-order valence-corrected chi connectivity index (χ1v) is 8.56. The summed E-state index contributed by atoms with van der Waals surface area (Å²) >= 11 is 12.1. The molecule has 0 aliphatic carbocycles. The van der Waals surface area contributed by atoms with Crippen LogP contribution in [-0.4, -0.2) is 40.2 Å². The molecule has 1 N–H and O–H groups in total. The van der Waals surface area contributed by atoms with Gasteiger partial charge in [0.25, 0.3) is 5.91 Å². The first-order chi connectivity index (χ1) is 13.0. The zero-order valence-corrected chi connectivity index (χ0v) is 15.8. The van der Waals surface area contributed by atoms with Gasteiger partial charge in [0.05, 0.1) is 40.5 Å². The van der Waals surface area contributed by atoms with Crippen LogP contribution < -0.4 is 10.1 Å². The van der Waals surface area contributed by atoms with E-state index in [1.165, 1.54) is 30.1 Å². The Labute approximate surface area is 164 Å². The minimum absolute atomic E-state index is 0.0513. The monoisotopic (exact) mass is 408 g/mol. The van der Waals surface area contributed by atoms with Gasteiger partial charge in [-0.3, -0.25) is 9.78 Å². The Morgan fingerprint density at radius 2 is 1.93 bits per heavy atom. The van der Waals surface area contributed by atoms with Crippen LogP contribution >= 0.6 is 23.2 Å². The number of methoxy groups -OCH3 is 1. The summed E-state index contributed by atoms with van der Waals surface area (Å²) < 4.78 is 11.5. The van der Waals surface area contributed by atoms with Crippen molar-refractivity contribution in [2.75, 3.05) is 19.0 Å². The lowest BCUT2D eigenvalue weighted by Crippen LogP contribution is -2.14. The summed E-state index contributed by atoms with van der Waals surface area (Å²) in [5.74, 6) is -0.750. The van der Waals surface area contributed by atoms with Crippen molar-refractivity contribution in [3.63, 3.8) is 0 Å². The molecule has 8 nitrogen and oxygen atoms in total. The quantitative estimate of drug-likeness (QED) is 0.649. The number of aromatic nitrogens is 3. The third-order valence-corrected chi connectivity index (χ3v) is 4.19. The van der Waals surface area contributed by atoms with Crippen molar-refractivity contribution in [3.8, 4) is 5.88 Å². The number of carbonyl (C=O) groups is 2. The minimum Gasteiger partial charge on any atom is -0.481 e. The largest absolute Gasteiger partial charge is 0.481 e. The number of ether oxygens (including phenoxy) is 2. The molecule has 27 heavy (non-hydrogen) atoms. The summed E-state index contributed by atoms with van der Waals surface area (Å²) in [6.07, 6.45) is 2.73. The zero-order valence-electron chi connectivity index (χ0n) is 14.3. The molecular weight excluding hydrogens is 395 g/mol. The van der Waals surface area contributed by atoms with Crippen LogP contribution in [0.2, 0.25) is 10.0 Å². The number of anilines is 1. The average molecular weight is 409 g/mol. The minimum atomic E-state index is -0.602. The number of nitrogens with zero attached hydrogens (tertiary/aromatic N) is 3. The lowest BCUT2D eigenvalue weighted by Gasteiger charge is -2.10. The molecule has 140 valence electrons. The number of esters is 1. The second kappa shape index (κ2) is 7.81. The molecule has 0 radical (unpaired) electrons. The number of amides is 1. The molecule has 0 aromatic carbocycles. The molecule has 0 spiro atoms. The highest BCUT2D eigenvalue weighted by Crippen LogP contribution is 2.30. The van der Waals surface area contributed by atoms with Crippen molar-refractivity contribution in [3.05, 3.63) is 51.9 Å². The van der Waals surface area contributed by atoms with Crippen molar-refractivity contribution in [2.24, 2.45) is 0 Å². The lowest BCUT2D eigenvalue weighted by molar-refractivity contribution is 0.0519. The van der Waals surface area contributed by atoms with E-state index in [1.807, 2.05) is 0 Å². The molecule has 0 atom stereocenters. The number of pyridine rings is 2. The highest BCUT2D eigenvalue weighted by molar-refractivity contribution is 6.39. The van der Waals surface area contributed by atoms with Crippen molar-refractivity contribution < 1.29 is 19.1 Å². The number of carbonyl (C=O) groups excluding carboxylic acids is 2. The van der Waals surface area contributed by atoms with Gasteiger partial charge in [-0.15, -0.1) is 0 Å². The normalized spacial score (nSPS) is 10.7. The van der Waals surface area contributed by atoms with Crippen LogP contribution in [0.3, 0.4) is 0 Å². The molecule has 0 saturated carbocycles. The van der Waals surface area contributed by atoms with E-state index >= 15 is 0 Å². The number of nitrogens with one attached hydrogen (secondary N) is 1. The fraction of sp³-hybridized carbons (Fsp3) is 0.176. The first-order valence-electron chi connectivity index (χ1n) is 7.80. The molecule has 0 aliphatic rings. The lowest BCUT2D eigenvalue weighted by atomic mass is 10.2. The van der Waals surface area contributed by atoms with E-state index in [0.29, 0.717) is 11.4 Å². The molecule has 1 amide bonds. The number of fused-ring (bicyclic) bond motifs is 1. The van der Waals surface area contributed by atoms with Gasteiger partial charge in [0.2, 0.25) is 5.88 Å². The summed E-state index contributed by atoms with van der Waals surface area (Å²) in [4.78, 5) is 28.6. The molecule has 0 saturated heterocycles. The Balaban J connectivity index is 2.05. The fourth-order valence-corrected chi connectivity index (χ4v) is 2.87. The van der Waals surface area contributed by atoms with Gasteiger partial charge in [-0.25, -0.2) is 4.79 Å². The van der Waals surface area contributed by atoms with Gasteiger partial charge in [0.1, 0.15) is 0 Å². The predicted octanol–water partition coefficient (Wildman–Crippen LogP) is 3.47. The molecule has 3 rings (SSSR count). The standard InChI is InChI=1S/C17H14Cl2N4O4/c1-3-27-17(25)12-6-13-9(4-5-14(26-2)23(13)22-12)16(24)21-15-10(18)7-20-8-11(15)19/h4-8H,3H2,1-2H3,(H,20,21,24). The van der Waals surface area contributed by atoms with E-state index in [-0.39, 0.29) is 33.6 Å². The molecule has 0 bridgehead atoms. The van der Waals surface area contributed by atoms with E-state index < -0.39 is 11.9 Å². The summed E-state index contributed by atoms with van der Waals surface area (Å²) in [7, 11) is 1.46. The second-order valence-corrected chi connectivity index (χ2v) is 6.08. The number of halogens is 2. The van der Waals surface area contributed by atoms with Gasteiger partial charge < -0.3 is 14.8 Å². The van der Waals surface area contributed by atoms with E-state index in [0.717, 1.165) is 0 Å². The third kappa shape index (κ3) is 3.67. The van der Waals surface area contributed by atoms with Gasteiger partial charge in [0, 0.05) is 18.5 Å². The maximum Gasteiger partial charge on any atom is 0.358 e. The number of hydrogen-bond donors (Lipinski definition) is 1. The van der Waals surface area contributed by atoms with Crippen LogP contribution in [0, 0.1) is 0 Å². The molecule has 0 aliphatic heterocycles. The van der Waals surface area contributed by atoms with Gasteiger partial charge in [-0.1, -0.05) is 23.2 Å². The van der Waals surface area contributed by atoms with Gasteiger partial charge >= 0.3 is 5.97 Å². The predicted molar refractivity (Wildman–Crippen MR) is 99.9 cm³/mol. The van der Waals surface area contributed by atoms with E-state index in [2.05, 4.69) is 15.4 Å². The summed E-state index contributed by atoms with van der Waals surface area (Å²) in [6.45, 7) is 1.89. The van der Waals surface area contributed by atoms with Crippen molar-refractivity contribution in [2.45, 2.75) is 6.92 Å². The van der Waals surface area contributed by atoms with Gasteiger partial charge in [0.15, 0.2) is 5.69 Å². The molecule has 3 heterocycles. The highest BCUT2D eigenvalue weighted by Gasteiger charge is 2.20.